The number of ketones is 1. The van der Waals surface area contributed by atoms with Crippen molar-refractivity contribution in [2.75, 3.05) is 26.8 Å². The van der Waals surface area contributed by atoms with Gasteiger partial charge in [-0.2, -0.15) is 0 Å². The maximum Gasteiger partial charge on any atom is 0.161 e. The van der Waals surface area contributed by atoms with Crippen molar-refractivity contribution in [2.45, 2.75) is 32.2 Å². The van der Waals surface area contributed by atoms with Crippen LogP contribution in [-0.2, 0) is 0 Å². The average Bonchev–Trinajstić information content (AvgIpc) is 2.69. The van der Waals surface area contributed by atoms with Gasteiger partial charge in [0.25, 0.3) is 0 Å². The lowest BCUT2D eigenvalue weighted by Gasteiger charge is -2.35. The molecule has 1 aliphatic rings. The fourth-order valence-electron chi connectivity index (χ4n) is 3.49. The van der Waals surface area contributed by atoms with Crippen LogP contribution >= 0.6 is 0 Å². The Hall–Kier alpha value is -2.40. The van der Waals surface area contributed by atoms with Crippen LogP contribution in [0.1, 0.15) is 48.1 Å². The van der Waals surface area contributed by atoms with Gasteiger partial charge in [0.15, 0.2) is 17.3 Å². The number of benzene rings is 1. The molecule has 0 N–H and O–H groups in total. The number of nitrogens with zero attached hydrogens (tertiary/aromatic N) is 2. The van der Waals surface area contributed by atoms with Gasteiger partial charge in [-0.3, -0.25) is 14.7 Å². The van der Waals surface area contributed by atoms with E-state index in [0.717, 1.165) is 19.5 Å². The number of piperidine rings is 1. The fraction of sp³-hybridized carbons (Fsp3) is 0.429. The Morgan fingerprint density at radius 1 is 1.27 bits per heavy atom. The molecule has 1 fully saturated rings. The van der Waals surface area contributed by atoms with Gasteiger partial charge < -0.3 is 9.47 Å². The first-order valence-electron chi connectivity index (χ1n) is 9.15. The first-order valence-corrected chi connectivity index (χ1v) is 9.15. The summed E-state index contributed by atoms with van der Waals surface area (Å²) in [6, 6.07) is 9.88. The van der Waals surface area contributed by atoms with Crippen molar-refractivity contribution in [3.63, 3.8) is 0 Å². The first-order chi connectivity index (χ1) is 12.7. The minimum atomic E-state index is 0.0162. The van der Waals surface area contributed by atoms with Crippen molar-refractivity contribution in [2.24, 2.45) is 0 Å². The van der Waals surface area contributed by atoms with Gasteiger partial charge in [0.2, 0.25) is 0 Å². The van der Waals surface area contributed by atoms with E-state index in [2.05, 4.69) is 16.0 Å². The van der Waals surface area contributed by atoms with Crippen LogP contribution in [0.2, 0.25) is 0 Å². The Labute approximate surface area is 155 Å². The summed E-state index contributed by atoms with van der Waals surface area (Å²) in [5, 5.41) is 0. The molecule has 1 atom stereocenters. The zero-order valence-electron chi connectivity index (χ0n) is 15.5. The van der Waals surface area contributed by atoms with E-state index in [4.69, 9.17) is 9.47 Å². The van der Waals surface area contributed by atoms with Crippen LogP contribution < -0.4 is 9.47 Å². The number of aromatic nitrogens is 1. The molecule has 1 aromatic carbocycles. The number of carbonyl (C=O) groups is 1. The van der Waals surface area contributed by atoms with Crippen molar-refractivity contribution >= 4 is 5.78 Å². The molecule has 2 heterocycles. The molecule has 0 aliphatic carbocycles. The summed E-state index contributed by atoms with van der Waals surface area (Å²) in [7, 11) is 1.59. The topological polar surface area (TPSA) is 51.7 Å². The van der Waals surface area contributed by atoms with E-state index in [1.54, 1.807) is 26.2 Å². The van der Waals surface area contributed by atoms with Gasteiger partial charge in [0.05, 0.1) is 7.11 Å². The van der Waals surface area contributed by atoms with Crippen LogP contribution in [0, 0.1) is 0 Å². The van der Waals surface area contributed by atoms with Gasteiger partial charge >= 0.3 is 0 Å². The molecule has 0 spiro atoms. The normalized spacial score (nSPS) is 17.7. The third kappa shape index (κ3) is 4.41. The average molecular weight is 354 g/mol. The van der Waals surface area contributed by atoms with E-state index >= 15 is 0 Å². The monoisotopic (exact) mass is 354 g/mol. The summed E-state index contributed by atoms with van der Waals surface area (Å²) < 4.78 is 11.3. The number of methoxy groups -OCH3 is 1. The molecule has 5 nitrogen and oxygen atoms in total. The number of hydrogen-bond donors (Lipinski definition) is 0. The Morgan fingerprint density at radius 3 is 2.88 bits per heavy atom. The molecule has 2 aromatic rings. The van der Waals surface area contributed by atoms with Crippen LogP contribution in [0.5, 0.6) is 11.5 Å². The molecule has 5 heteroatoms. The number of rotatable bonds is 7. The number of ether oxygens (including phenoxy) is 2. The lowest BCUT2D eigenvalue weighted by molar-refractivity contribution is 0.101. The molecular weight excluding hydrogens is 328 g/mol. The van der Waals surface area contributed by atoms with Crippen molar-refractivity contribution in [1.82, 2.24) is 9.88 Å². The molecule has 1 saturated heterocycles. The molecule has 0 amide bonds. The van der Waals surface area contributed by atoms with E-state index in [0.29, 0.717) is 29.7 Å². The highest BCUT2D eigenvalue weighted by atomic mass is 16.5. The Morgan fingerprint density at radius 2 is 2.15 bits per heavy atom. The van der Waals surface area contributed by atoms with Gasteiger partial charge in [-0.15, -0.1) is 0 Å². The Kier molecular flexibility index (Phi) is 6.23. The zero-order valence-corrected chi connectivity index (χ0v) is 15.5. The molecular formula is C21H26N2O3. The highest BCUT2D eigenvalue weighted by Gasteiger charge is 2.23. The van der Waals surface area contributed by atoms with Gasteiger partial charge in [-0.25, -0.2) is 0 Å². The van der Waals surface area contributed by atoms with Gasteiger partial charge in [0, 0.05) is 30.5 Å². The van der Waals surface area contributed by atoms with E-state index in [1.807, 2.05) is 24.5 Å². The number of hydrogen-bond acceptors (Lipinski definition) is 5. The third-order valence-electron chi connectivity index (χ3n) is 4.89. The van der Waals surface area contributed by atoms with E-state index in [-0.39, 0.29) is 5.78 Å². The SMILES string of the molecule is COc1cc(C(C)=O)ccc1OCCN1CCCC[C@@H]1c1cccnc1. The smallest absolute Gasteiger partial charge is 0.161 e. The van der Waals surface area contributed by atoms with Crippen LogP contribution in [0.25, 0.3) is 0 Å². The lowest BCUT2D eigenvalue weighted by atomic mass is 9.96. The van der Waals surface area contributed by atoms with Crippen molar-refractivity contribution < 1.29 is 14.3 Å². The van der Waals surface area contributed by atoms with Gasteiger partial charge in [-0.1, -0.05) is 12.5 Å². The molecule has 26 heavy (non-hydrogen) atoms. The van der Waals surface area contributed by atoms with Crippen molar-refractivity contribution in [1.29, 1.82) is 0 Å². The van der Waals surface area contributed by atoms with Crippen LogP contribution in [0.4, 0.5) is 0 Å². The van der Waals surface area contributed by atoms with Crippen LogP contribution in [0.3, 0.4) is 0 Å². The molecule has 1 aliphatic heterocycles. The minimum absolute atomic E-state index is 0.0162. The summed E-state index contributed by atoms with van der Waals surface area (Å²) >= 11 is 0. The standard InChI is InChI=1S/C21H26N2O3/c1-16(24)17-8-9-20(21(14-17)25-2)26-13-12-23-11-4-3-7-19(23)18-6-5-10-22-15-18/h5-6,8-10,14-15,19H,3-4,7,11-13H2,1-2H3/t19-/m1/s1. The number of carbonyl (C=O) groups excluding carboxylic acids is 1. The van der Waals surface area contributed by atoms with Gasteiger partial charge in [0.1, 0.15) is 6.61 Å². The Bertz CT molecular complexity index is 733. The molecule has 0 saturated carbocycles. The molecule has 0 radical (unpaired) electrons. The second kappa shape index (κ2) is 8.81. The van der Waals surface area contributed by atoms with Crippen LogP contribution in [-0.4, -0.2) is 42.5 Å². The molecule has 0 bridgehead atoms. The molecule has 1 aromatic heterocycles. The second-order valence-corrected chi connectivity index (χ2v) is 6.60. The highest BCUT2D eigenvalue weighted by molar-refractivity contribution is 5.94. The summed E-state index contributed by atoms with van der Waals surface area (Å²) in [6.45, 7) is 4.04. The summed E-state index contributed by atoms with van der Waals surface area (Å²) in [5.41, 5.74) is 1.90. The zero-order chi connectivity index (χ0) is 18.4. The van der Waals surface area contributed by atoms with Crippen molar-refractivity contribution in [3.05, 3.63) is 53.9 Å². The number of likely N-dealkylation sites (tertiary alicyclic amines) is 1. The highest BCUT2D eigenvalue weighted by Crippen LogP contribution is 2.31. The minimum Gasteiger partial charge on any atom is -0.493 e. The third-order valence-corrected chi connectivity index (χ3v) is 4.89. The number of pyridine rings is 1. The van der Waals surface area contributed by atoms with E-state index < -0.39 is 0 Å². The van der Waals surface area contributed by atoms with Gasteiger partial charge in [-0.05, 0) is 56.1 Å². The maximum atomic E-state index is 11.5. The largest absolute Gasteiger partial charge is 0.493 e. The Balaban J connectivity index is 1.62. The first kappa shape index (κ1) is 18.4. The summed E-state index contributed by atoms with van der Waals surface area (Å²) in [5.74, 6) is 1.29. The maximum absolute atomic E-state index is 11.5. The predicted molar refractivity (Wildman–Crippen MR) is 101 cm³/mol. The summed E-state index contributed by atoms with van der Waals surface area (Å²) in [4.78, 5) is 18.2. The predicted octanol–water partition coefficient (Wildman–Crippen LogP) is 3.90. The van der Waals surface area contributed by atoms with Crippen LogP contribution in [0.15, 0.2) is 42.7 Å². The number of Topliss-reactive ketones (excluding diaryl/α,β-unsaturated/α-hetero) is 1. The van der Waals surface area contributed by atoms with E-state index in [1.165, 1.54) is 18.4 Å². The second-order valence-electron chi connectivity index (χ2n) is 6.60. The quantitative estimate of drug-likeness (QED) is 0.706. The fourth-order valence-corrected chi connectivity index (χ4v) is 3.49. The molecule has 138 valence electrons. The van der Waals surface area contributed by atoms with E-state index in [9.17, 15) is 4.79 Å². The lowest BCUT2D eigenvalue weighted by Crippen LogP contribution is -2.36. The van der Waals surface area contributed by atoms with Crippen molar-refractivity contribution in [3.8, 4) is 11.5 Å². The molecule has 3 rings (SSSR count). The molecule has 0 unspecified atom stereocenters. The summed E-state index contributed by atoms with van der Waals surface area (Å²) in [6.07, 6.45) is 7.40.